The lowest BCUT2D eigenvalue weighted by Crippen LogP contribution is -2.41. The van der Waals surface area contributed by atoms with Gasteiger partial charge in [0.25, 0.3) is 0 Å². The van der Waals surface area contributed by atoms with E-state index in [-0.39, 0.29) is 5.91 Å². The van der Waals surface area contributed by atoms with Gasteiger partial charge in [0.1, 0.15) is 0 Å². The molecule has 2 N–H and O–H groups in total. The third-order valence-corrected chi connectivity index (χ3v) is 6.00. The molecule has 2 amide bonds. The van der Waals surface area contributed by atoms with Crippen molar-refractivity contribution in [3.63, 3.8) is 0 Å². The molecule has 1 fully saturated rings. The summed E-state index contributed by atoms with van der Waals surface area (Å²) in [4.78, 5) is 26.9. The Morgan fingerprint density at radius 2 is 1.68 bits per heavy atom. The summed E-state index contributed by atoms with van der Waals surface area (Å²) in [7, 11) is 0. The molecule has 1 heterocycles. The summed E-state index contributed by atoms with van der Waals surface area (Å²) in [6.45, 7) is 3.32. The number of amides is 2. The zero-order valence-electron chi connectivity index (χ0n) is 15.8. The van der Waals surface area contributed by atoms with Gasteiger partial charge in [-0.05, 0) is 66.6 Å². The van der Waals surface area contributed by atoms with E-state index < -0.39 is 11.8 Å². The van der Waals surface area contributed by atoms with E-state index in [0.717, 1.165) is 17.9 Å². The van der Waals surface area contributed by atoms with Gasteiger partial charge in [-0.25, -0.2) is 0 Å². The van der Waals surface area contributed by atoms with E-state index in [1.165, 1.54) is 5.56 Å². The first-order valence-corrected chi connectivity index (χ1v) is 10.3. The fourth-order valence-electron chi connectivity index (χ4n) is 3.96. The minimum absolute atomic E-state index is 0.0295. The molecule has 0 radical (unpaired) electrons. The second kappa shape index (κ2) is 8.97. The maximum atomic E-state index is 13.2. The molecule has 2 aromatic carbocycles. The van der Waals surface area contributed by atoms with Crippen LogP contribution in [0.5, 0.6) is 0 Å². The van der Waals surface area contributed by atoms with Gasteiger partial charge in [0.15, 0.2) is 0 Å². The van der Waals surface area contributed by atoms with Crippen molar-refractivity contribution < 1.29 is 9.59 Å². The molecule has 0 aromatic heterocycles. The molecule has 3 rings (SSSR count). The summed E-state index contributed by atoms with van der Waals surface area (Å²) in [5.41, 5.74) is 7.75. The van der Waals surface area contributed by atoms with E-state index in [1.807, 2.05) is 24.0 Å². The van der Waals surface area contributed by atoms with Gasteiger partial charge in [-0.3, -0.25) is 9.59 Å². The molecule has 0 bridgehead atoms. The summed E-state index contributed by atoms with van der Waals surface area (Å²) in [5, 5.41) is 1.22. The van der Waals surface area contributed by atoms with Crippen LogP contribution in [0.3, 0.4) is 0 Å². The Bertz CT molecular complexity index is 859. The van der Waals surface area contributed by atoms with Crippen LogP contribution < -0.4 is 5.73 Å². The number of piperidine rings is 1. The monoisotopic (exact) mass is 418 g/mol. The van der Waals surface area contributed by atoms with Crippen LogP contribution in [0.2, 0.25) is 10.0 Å². The fourth-order valence-corrected chi connectivity index (χ4v) is 4.27. The first-order chi connectivity index (χ1) is 13.4. The Labute approximate surface area is 175 Å². The number of hydrogen-bond donors (Lipinski definition) is 1. The Hall–Kier alpha value is -2.04. The minimum atomic E-state index is -0.542. The lowest BCUT2D eigenvalue weighted by Gasteiger charge is -2.34. The first kappa shape index (κ1) is 20.7. The van der Waals surface area contributed by atoms with Crippen LogP contribution in [0.4, 0.5) is 0 Å². The molecule has 28 heavy (non-hydrogen) atoms. The maximum Gasteiger partial charge on any atom is 0.249 e. The summed E-state index contributed by atoms with van der Waals surface area (Å²) < 4.78 is 0. The molecular formula is C22H24Cl2N2O2. The Morgan fingerprint density at radius 3 is 2.25 bits per heavy atom. The highest BCUT2D eigenvalue weighted by molar-refractivity contribution is 6.31. The van der Waals surface area contributed by atoms with E-state index >= 15 is 0 Å². The van der Waals surface area contributed by atoms with Crippen LogP contribution in [0.25, 0.3) is 0 Å². The Balaban J connectivity index is 1.74. The van der Waals surface area contributed by atoms with Crippen molar-refractivity contribution in [3.8, 4) is 0 Å². The van der Waals surface area contributed by atoms with Crippen LogP contribution in [0.1, 0.15) is 59.5 Å². The first-order valence-electron chi connectivity index (χ1n) is 9.54. The number of carbonyl (C=O) groups excluding carboxylic acids is 2. The summed E-state index contributed by atoms with van der Waals surface area (Å²) in [6.07, 6.45) is 2.39. The molecule has 4 nitrogen and oxygen atoms in total. The van der Waals surface area contributed by atoms with Gasteiger partial charge in [-0.1, -0.05) is 42.3 Å². The Morgan fingerprint density at radius 1 is 1.07 bits per heavy atom. The van der Waals surface area contributed by atoms with Crippen molar-refractivity contribution in [2.24, 2.45) is 5.73 Å². The predicted octanol–water partition coefficient (Wildman–Crippen LogP) is 4.99. The SMILES string of the molecule is CCC(C(=O)N1CCC(c2ccc(Cl)cc2)CC1)c1cc(Cl)ccc1C(N)=O. The molecule has 1 aliphatic heterocycles. The third-order valence-electron chi connectivity index (χ3n) is 5.51. The van der Waals surface area contributed by atoms with Gasteiger partial charge in [-0.2, -0.15) is 0 Å². The molecule has 1 atom stereocenters. The molecular weight excluding hydrogens is 395 g/mol. The quantitative estimate of drug-likeness (QED) is 0.742. The number of nitrogens with two attached hydrogens (primary N) is 1. The highest BCUT2D eigenvalue weighted by atomic mass is 35.5. The summed E-state index contributed by atoms with van der Waals surface area (Å²) in [6, 6.07) is 12.9. The van der Waals surface area contributed by atoms with Crippen LogP contribution in [-0.4, -0.2) is 29.8 Å². The van der Waals surface area contributed by atoms with Crippen LogP contribution in [0.15, 0.2) is 42.5 Å². The number of carbonyl (C=O) groups is 2. The van der Waals surface area contributed by atoms with E-state index in [9.17, 15) is 9.59 Å². The van der Waals surface area contributed by atoms with Gasteiger partial charge in [-0.15, -0.1) is 0 Å². The average molecular weight is 419 g/mol. The highest BCUT2D eigenvalue weighted by Crippen LogP contribution is 2.33. The molecule has 0 spiro atoms. The highest BCUT2D eigenvalue weighted by Gasteiger charge is 2.30. The molecule has 0 aliphatic carbocycles. The van der Waals surface area contributed by atoms with E-state index in [4.69, 9.17) is 28.9 Å². The number of hydrogen-bond acceptors (Lipinski definition) is 2. The van der Waals surface area contributed by atoms with Gasteiger partial charge >= 0.3 is 0 Å². The largest absolute Gasteiger partial charge is 0.366 e. The lowest BCUT2D eigenvalue weighted by molar-refractivity contribution is -0.134. The zero-order valence-corrected chi connectivity index (χ0v) is 17.3. The smallest absolute Gasteiger partial charge is 0.249 e. The predicted molar refractivity (Wildman–Crippen MR) is 113 cm³/mol. The minimum Gasteiger partial charge on any atom is -0.366 e. The van der Waals surface area contributed by atoms with E-state index in [0.29, 0.717) is 41.6 Å². The number of nitrogens with zero attached hydrogens (tertiary/aromatic N) is 1. The van der Waals surface area contributed by atoms with Gasteiger partial charge < -0.3 is 10.6 Å². The molecule has 0 saturated carbocycles. The standard InChI is InChI=1S/C22H24Cl2N2O2/c1-2-18(20-13-17(24)7-8-19(20)21(25)27)22(28)26-11-9-15(10-12-26)14-3-5-16(23)6-4-14/h3-8,13,15,18H,2,9-12H2,1H3,(H2,25,27). The van der Waals surface area contributed by atoms with E-state index in [2.05, 4.69) is 12.1 Å². The van der Waals surface area contributed by atoms with Crippen molar-refractivity contribution in [2.75, 3.05) is 13.1 Å². The van der Waals surface area contributed by atoms with Crippen LogP contribution in [0, 0.1) is 0 Å². The maximum absolute atomic E-state index is 13.2. The molecule has 2 aromatic rings. The van der Waals surface area contributed by atoms with Crippen molar-refractivity contribution in [3.05, 3.63) is 69.2 Å². The molecule has 1 unspecified atom stereocenters. The van der Waals surface area contributed by atoms with Gasteiger partial charge in [0, 0.05) is 28.7 Å². The second-order valence-electron chi connectivity index (χ2n) is 7.21. The Kier molecular flexibility index (Phi) is 6.63. The molecule has 1 saturated heterocycles. The lowest BCUT2D eigenvalue weighted by atomic mass is 9.87. The number of halogens is 2. The summed E-state index contributed by atoms with van der Waals surface area (Å²) in [5.74, 6) is -0.511. The van der Waals surface area contributed by atoms with Crippen LogP contribution >= 0.6 is 23.2 Å². The van der Waals surface area contributed by atoms with Crippen molar-refractivity contribution in [1.82, 2.24) is 4.90 Å². The molecule has 6 heteroatoms. The van der Waals surface area contributed by atoms with Crippen molar-refractivity contribution in [1.29, 1.82) is 0 Å². The van der Waals surface area contributed by atoms with Gasteiger partial charge in [0.2, 0.25) is 11.8 Å². The normalized spacial score (nSPS) is 16.0. The third kappa shape index (κ3) is 4.50. The molecule has 1 aliphatic rings. The number of rotatable bonds is 5. The topological polar surface area (TPSA) is 63.4 Å². The number of primary amides is 1. The van der Waals surface area contributed by atoms with E-state index in [1.54, 1.807) is 18.2 Å². The number of benzene rings is 2. The second-order valence-corrected chi connectivity index (χ2v) is 8.08. The molecule has 148 valence electrons. The number of likely N-dealkylation sites (tertiary alicyclic amines) is 1. The van der Waals surface area contributed by atoms with Crippen molar-refractivity contribution >= 4 is 35.0 Å². The summed E-state index contributed by atoms with van der Waals surface area (Å²) >= 11 is 12.1. The fraction of sp³-hybridized carbons (Fsp3) is 0.364. The van der Waals surface area contributed by atoms with Crippen LogP contribution in [-0.2, 0) is 4.79 Å². The van der Waals surface area contributed by atoms with Crippen molar-refractivity contribution in [2.45, 2.75) is 38.0 Å². The zero-order chi connectivity index (χ0) is 20.3. The average Bonchev–Trinajstić information content (AvgIpc) is 2.69. The van der Waals surface area contributed by atoms with Gasteiger partial charge in [0.05, 0.1) is 5.92 Å².